The smallest absolute Gasteiger partial charge is 0.550 e. The molecule has 0 aromatic carbocycles. The van der Waals surface area contributed by atoms with Crippen molar-refractivity contribution in [3.63, 3.8) is 0 Å². The number of nitrogens with one attached hydrogen (secondary N) is 2. The molecule has 0 aliphatic rings. The predicted molar refractivity (Wildman–Crippen MR) is 90.5 cm³/mol. The molecule has 0 saturated carbocycles. The van der Waals surface area contributed by atoms with Crippen LogP contribution >= 0.6 is 0 Å². The van der Waals surface area contributed by atoms with Gasteiger partial charge in [0.2, 0.25) is 0 Å². The predicted octanol–water partition coefficient (Wildman–Crippen LogP) is -20.5. The molecule has 0 aromatic rings. The van der Waals surface area contributed by atoms with Gasteiger partial charge in [-0.1, -0.05) is 0 Å². The van der Waals surface area contributed by atoms with E-state index in [2.05, 4.69) is 0 Å². The van der Waals surface area contributed by atoms with Gasteiger partial charge in [0.15, 0.2) is 0 Å². The van der Waals surface area contributed by atoms with Crippen LogP contribution in [0.1, 0.15) is 25.7 Å². The molecule has 0 fully saturated rings. The fourth-order valence-corrected chi connectivity index (χ4v) is 2.02. The fourth-order valence-electron chi connectivity index (χ4n) is 2.02. The summed E-state index contributed by atoms with van der Waals surface area (Å²) in [4.78, 5) is 83.0. The van der Waals surface area contributed by atoms with Crippen molar-refractivity contribution >= 4 is 47.8 Å². The van der Waals surface area contributed by atoms with Crippen molar-refractivity contribution in [3.05, 3.63) is 0 Å². The van der Waals surface area contributed by atoms with Crippen molar-refractivity contribution in [2.45, 2.75) is 49.9 Å². The van der Waals surface area contributed by atoms with E-state index in [1.165, 1.54) is 0 Å². The van der Waals surface area contributed by atoms with Crippen molar-refractivity contribution in [1.29, 1.82) is 0 Å². The van der Waals surface area contributed by atoms with E-state index in [0.29, 0.717) is 0 Å². The van der Waals surface area contributed by atoms with E-state index in [-0.39, 0.29) is 118 Å². The third kappa shape index (κ3) is 27.3. The zero-order chi connectivity index (χ0) is 27.2. The Morgan fingerprint density at radius 3 is 0.842 bits per heavy atom. The summed E-state index contributed by atoms with van der Waals surface area (Å²) in [6.45, 7) is 0. The van der Waals surface area contributed by atoms with Gasteiger partial charge in [-0.25, -0.2) is 0 Å². The number of rotatable bonds is 16. The van der Waals surface area contributed by atoms with Gasteiger partial charge >= 0.3 is 142 Å². The first-order valence-electron chi connectivity index (χ1n) is 8.70. The SMILES string of the molecule is O=C([O-])C[C@H](NC(CC(=O)O)C(=O)O)C(=O)[O-].O=C([O-])C[C@H](NC(CC(=O)O)C(=O)O)C(=O)[O-].[Na+].[Na+].[Na+].[Na+]. The maximum Gasteiger partial charge on any atom is 1.00 e. The molecule has 0 rings (SSSR count). The molecule has 22 heteroatoms. The Kier molecular flexibility index (Phi) is 35.7. The van der Waals surface area contributed by atoms with Gasteiger partial charge in [-0.3, -0.25) is 29.8 Å². The average Bonchev–Trinajstić information content (AvgIpc) is 2.64. The van der Waals surface area contributed by atoms with Crippen molar-refractivity contribution in [2.75, 3.05) is 0 Å². The number of hydrogen-bond acceptors (Lipinski definition) is 14. The summed E-state index contributed by atoms with van der Waals surface area (Å²) in [6.07, 6.45) is -3.84. The first-order chi connectivity index (χ1) is 15.5. The van der Waals surface area contributed by atoms with E-state index in [0.717, 1.165) is 0 Å². The Bertz CT molecular complexity index is 697. The van der Waals surface area contributed by atoms with Crippen molar-refractivity contribution in [2.24, 2.45) is 0 Å². The largest absolute Gasteiger partial charge is 1.00 e. The molecule has 0 aliphatic heterocycles. The quantitative estimate of drug-likeness (QED) is 0.0914. The molecule has 192 valence electrons. The summed E-state index contributed by atoms with van der Waals surface area (Å²) >= 11 is 0. The Labute approximate surface area is 302 Å². The molecule has 0 radical (unpaired) electrons. The maximum atomic E-state index is 10.6. The van der Waals surface area contributed by atoms with Crippen LogP contribution in [0.15, 0.2) is 0 Å². The molecule has 0 bridgehead atoms. The minimum absolute atomic E-state index is 0. The molecule has 18 nitrogen and oxygen atoms in total. The number of carboxylic acid groups (broad SMARTS) is 8. The van der Waals surface area contributed by atoms with E-state index in [4.69, 9.17) is 20.4 Å². The number of carbonyl (C=O) groups is 8. The molecule has 0 spiro atoms. The fraction of sp³-hybridized carbons (Fsp3) is 0.500. The molecule has 4 atom stereocenters. The van der Waals surface area contributed by atoms with Crippen LogP contribution in [0.3, 0.4) is 0 Å². The summed E-state index contributed by atoms with van der Waals surface area (Å²) < 4.78 is 0. The first kappa shape index (κ1) is 50.5. The van der Waals surface area contributed by atoms with Crippen LogP contribution in [0, 0.1) is 0 Å². The maximum absolute atomic E-state index is 10.6. The topological polar surface area (TPSA) is 334 Å². The molecule has 6 N–H and O–H groups in total. The molecular weight excluding hydrogens is 568 g/mol. The zero-order valence-electron chi connectivity index (χ0n) is 20.8. The van der Waals surface area contributed by atoms with E-state index in [9.17, 15) is 58.8 Å². The summed E-state index contributed by atoms with van der Waals surface area (Å²) in [7, 11) is 0. The van der Waals surface area contributed by atoms with Gasteiger partial charge in [0, 0.05) is 24.8 Å². The first-order valence-corrected chi connectivity index (χ1v) is 8.70. The molecule has 0 amide bonds. The second-order valence-electron chi connectivity index (χ2n) is 6.21. The van der Waals surface area contributed by atoms with Gasteiger partial charge in [0.05, 0.1) is 36.9 Å². The summed E-state index contributed by atoms with van der Waals surface area (Å²) in [5.41, 5.74) is 0. The molecule has 2 unspecified atom stereocenters. The Balaban J connectivity index is -0.000000122. The van der Waals surface area contributed by atoms with E-state index in [1.54, 1.807) is 0 Å². The minimum Gasteiger partial charge on any atom is -0.550 e. The average molecular weight is 586 g/mol. The van der Waals surface area contributed by atoms with Crippen LogP contribution in [0.2, 0.25) is 0 Å². The van der Waals surface area contributed by atoms with E-state index < -0.39 is 97.6 Å². The van der Waals surface area contributed by atoms with Gasteiger partial charge in [0.1, 0.15) is 12.1 Å². The Morgan fingerprint density at radius 2 is 0.711 bits per heavy atom. The molecule has 0 saturated heterocycles. The third-order valence-corrected chi connectivity index (χ3v) is 3.47. The standard InChI is InChI=1S/2C8H11NO8.4Na/c2*10-5(11)1-3(7(14)15)9-4(8(16)17)2-6(12)13;;;;/h2*3-4,9H,1-2H2,(H,10,11)(H,12,13)(H,14,15)(H,16,17);;;;/q;;4*+1/p-4/t2*3-,4?;;;;/m00..../s1. The summed E-state index contributed by atoms with van der Waals surface area (Å²) in [5.74, 6) is -13.4. The number of hydrogen-bond donors (Lipinski definition) is 6. The van der Waals surface area contributed by atoms with Crippen LogP contribution in [0.5, 0.6) is 0 Å². The van der Waals surface area contributed by atoms with Gasteiger partial charge in [-0.15, -0.1) is 0 Å². The summed E-state index contributed by atoms with van der Waals surface area (Å²) in [6, 6.07) is -7.12. The number of aliphatic carboxylic acids is 8. The molecule has 38 heavy (non-hydrogen) atoms. The van der Waals surface area contributed by atoms with Crippen LogP contribution in [-0.4, -0.2) is 92.3 Å². The van der Waals surface area contributed by atoms with Gasteiger partial charge in [-0.2, -0.15) is 0 Å². The van der Waals surface area contributed by atoms with Gasteiger partial charge < -0.3 is 60.0 Å². The van der Waals surface area contributed by atoms with Crippen LogP contribution in [0.25, 0.3) is 0 Å². The van der Waals surface area contributed by atoms with E-state index in [1.807, 2.05) is 10.6 Å². The number of carboxylic acids is 8. The molecule has 0 aliphatic carbocycles. The molecular formula is C16H18N2Na4O16. The van der Waals surface area contributed by atoms with Gasteiger partial charge in [-0.05, 0) is 0 Å². The van der Waals surface area contributed by atoms with Crippen LogP contribution in [-0.2, 0) is 38.4 Å². The second kappa shape index (κ2) is 26.9. The van der Waals surface area contributed by atoms with Crippen molar-refractivity contribution in [1.82, 2.24) is 10.6 Å². The van der Waals surface area contributed by atoms with Crippen molar-refractivity contribution < 1.29 is 197 Å². The summed E-state index contributed by atoms with van der Waals surface area (Å²) in [5, 5.41) is 78.9. The zero-order valence-corrected chi connectivity index (χ0v) is 28.8. The van der Waals surface area contributed by atoms with Crippen molar-refractivity contribution in [3.8, 4) is 0 Å². The van der Waals surface area contributed by atoms with Crippen LogP contribution in [0.4, 0.5) is 0 Å². The number of carbonyl (C=O) groups excluding carboxylic acids is 4. The monoisotopic (exact) mass is 586 g/mol. The second-order valence-corrected chi connectivity index (χ2v) is 6.21. The Morgan fingerprint density at radius 1 is 0.474 bits per heavy atom. The van der Waals surface area contributed by atoms with E-state index >= 15 is 0 Å². The van der Waals surface area contributed by atoms with Crippen LogP contribution < -0.4 is 149 Å². The Hall–Kier alpha value is -0.320. The molecule has 0 heterocycles. The third-order valence-electron chi connectivity index (χ3n) is 3.47. The minimum atomic E-state index is -1.86. The molecule has 0 aromatic heterocycles. The normalized spacial score (nSPS) is 12.2. The van der Waals surface area contributed by atoms with Gasteiger partial charge in [0.25, 0.3) is 0 Å².